The first-order chi connectivity index (χ1) is 10.5. The largest absolute Gasteiger partial charge is 0.383 e. The number of nitrogen functional groups attached to an aromatic ring is 1. The molecule has 0 amide bonds. The van der Waals surface area contributed by atoms with Crippen molar-refractivity contribution in [3.63, 3.8) is 0 Å². The van der Waals surface area contributed by atoms with Crippen LogP contribution in [0.15, 0.2) is 42.0 Å². The molecule has 0 aliphatic rings. The van der Waals surface area contributed by atoms with Crippen molar-refractivity contribution >= 4 is 40.2 Å². The highest BCUT2D eigenvalue weighted by Crippen LogP contribution is 2.15. The molecule has 2 N–H and O–H groups in total. The van der Waals surface area contributed by atoms with Gasteiger partial charge in [-0.05, 0) is 72.0 Å². The van der Waals surface area contributed by atoms with Gasteiger partial charge in [0.1, 0.15) is 9.52 Å². The second-order valence-corrected chi connectivity index (χ2v) is 6.23. The lowest BCUT2D eigenvalue weighted by atomic mass is 10.1. The third-order valence-corrected chi connectivity index (χ3v) is 3.68. The molecule has 112 valence electrons. The maximum Gasteiger partial charge on any atom is 0.131 e. The highest BCUT2D eigenvalue weighted by molar-refractivity contribution is 14.1. The Kier molecular flexibility index (Phi) is 5.45. The van der Waals surface area contributed by atoms with E-state index >= 15 is 0 Å². The molecule has 3 nitrogen and oxygen atoms in total. The lowest BCUT2D eigenvalue weighted by Gasteiger charge is -2.11. The summed E-state index contributed by atoms with van der Waals surface area (Å²) in [6, 6.07) is 12.1. The minimum Gasteiger partial charge on any atom is -0.383 e. The van der Waals surface area contributed by atoms with E-state index in [0.717, 1.165) is 26.1 Å². The fourth-order valence-corrected chi connectivity index (χ4v) is 2.31. The van der Waals surface area contributed by atoms with Gasteiger partial charge >= 0.3 is 0 Å². The Balaban J connectivity index is 2.18. The third kappa shape index (κ3) is 4.50. The summed E-state index contributed by atoms with van der Waals surface area (Å²) in [6.45, 7) is 1.97. The normalized spacial score (nSPS) is 10.8. The summed E-state index contributed by atoms with van der Waals surface area (Å²) in [5.41, 5.74) is 9.91. The van der Waals surface area contributed by atoms with Gasteiger partial charge in [-0.15, -0.1) is 0 Å². The molecule has 2 rings (SSSR count). The van der Waals surface area contributed by atoms with E-state index in [-0.39, 0.29) is 0 Å². The van der Waals surface area contributed by atoms with E-state index < -0.39 is 0 Å². The van der Waals surface area contributed by atoms with Crippen LogP contribution in [0.3, 0.4) is 0 Å². The van der Waals surface area contributed by atoms with Gasteiger partial charge in [0.05, 0.1) is 0 Å². The molecule has 22 heavy (non-hydrogen) atoms. The van der Waals surface area contributed by atoms with Gasteiger partial charge in [-0.1, -0.05) is 11.8 Å². The Morgan fingerprint density at radius 1 is 1.18 bits per heavy atom. The van der Waals surface area contributed by atoms with E-state index in [1.54, 1.807) is 0 Å². The van der Waals surface area contributed by atoms with E-state index in [0.29, 0.717) is 5.82 Å². The minimum atomic E-state index is 0.531. The molecule has 2 aromatic rings. The molecule has 0 saturated heterocycles. The zero-order chi connectivity index (χ0) is 16.1. The molecule has 0 atom stereocenters. The number of rotatable bonds is 2. The quantitative estimate of drug-likeness (QED) is 0.472. The number of hydrogen-bond donors (Lipinski definition) is 1. The summed E-state index contributed by atoms with van der Waals surface area (Å²) in [4.78, 5) is 6.30. The average Bonchev–Trinajstić information content (AvgIpc) is 2.48. The zero-order valence-corrected chi connectivity index (χ0v) is 15.0. The topological polar surface area (TPSA) is 42.2 Å². The first-order valence-electron chi connectivity index (χ1n) is 6.85. The molecule has 0 aliphatic heterocycles. The van der Waals surface area contributed by atoms with Crippen molar-refractivity contribution in [3.8, 4) is 11.8 Å². The Morgan fingerprint density at radius 3 is 2.45 bits per heavy atom. The molecule has 0 fully saturated rings. The van der Waals surface area contributed by atoms with E-state index in [4.69, 9.17) is 5.73 Å². The number of allylic oxidation sites excluding steroid dienone is 1. The van der Waals surface area contributed by atoms with E-state index in [2.05, 4.69) is 56.4 Å². The first kappa shape index (κ1) is 16.4. The predicted octanol–water partition coefficient (Wildman–Crippen LogP) is 3.79. The van der Waals surface area contributed by atoms with E-state index in [1.165, 1.54) is 0 Å². The monoisotopic (exact) mass is 403 g/mol. The Morgan fingerprint density at radius 2 is 1.86 bits per heavy atom. The first-order valence-corrected chi connectivity index (χ1v) is 7.93. The third-order valence-electron chi connectivity index (χ3n) is 3.08. The van der Waals surface area contributed by atoms with Crippen LogP contribution in [0.25, 0.3) is 6.08 Å². The molecule has 0 bridgehead atoms. The van der Waals surface area contributed by atoms with Crippen molar-refractivity contribution in [1.29, 1.82) is 0 Å². The smallest absolute Gasteiger partial charge is 0.131 e. The van der Waals surface area contributed by atoms with Crippen molar-refractivity contribution in [2.75, 3.05) is 24.7 Å². The predicted molar refractivity (Wildman–Crippen MR) is 103 cm³/mol. The van der Waals surface area contributed by atoms with Crippen molar-refractivity contribution < 1.29 is 0 Å². The molecule has 0 radical (unpaired) electrons. The van der Waals surface area contributed by atoms with Crippen molar-refractivity contribution in [2.24, 2.45) is 0 Å². The summed E-state index contributed by atoms with van der Waals surface area (Å²) in [7, 11) is 4.04. The van der Waals surface area contributed by atoms with Crippen LogP contribution in [0.1, 0.15) is 18.1 Å². The molecule has 1 aromatic heterocycles. The molecule has 0 spiro atoms. The number of aromatic nitrogens is 1. The average molecular weight is 403 g/mol. The van der Waals surface area contributed by atoms with Crippen molar-refractivity contribution in [3.05, 3.63) is 56.8 Å². The minimum absolute atomic E-state index is 0.531. The summed E-state index contributed by atoms with van der Waals surface area (Å²) < 4.78 is 0.886. The summed E-state index contributed by atoms with van der Waals surface area (Å²) in [5.74, 6) is 6.84. The van der Waals surface area contributed by atoms with Crippen molar-refractivity contribution in [2.45, 2.75) is 6.92 Å². The fraction of sp³-hybridized carbons (Fsp3) is 0.167. The SMILES string of the molecule is C/C(C#Cc1ccc(N(C)C)cc1)=C\c1ccc(I)nc1N. The number of anilines is 2. The number of hydrogen-bond acceptors (Lipinski definition) is 3. The van der Waals surface area contributed by atoms with Gasteiger partial charge in [-0.25, -0.2) is 4.98 Å². The number of nitrogens with two attached hydrogens (primary N) is 1. The van der Waals surface area contributed by atoms with Crippen LogP contribution in [-0.2, 0) is 0 Å². The molecule has 4 heteroatoms. The van der Waals surface area contributed by atoms with E-state index in [9.17, 15) is 0 Å². The molecule has 1 heterocycles. The molecular formula is C18H18IN3. The van der Waals surface area contributed by atoms with Gasteiger partial charge in [0, 0.05) is 36.5 Å². The van der Waals surface area contributed by atoms with Gasteiger partial charge in [0.2, 0.25) is 0 Å². The number of pyridine rings is 1. The number of benzene rings is 1. The van der Waals surface area contributed by atoms with Crippen LogP contribution in [0, 0.1) is 15.5 Å². The highest BCUT2D eigenvalue weighted by atomic mass is 127. The standard InChI is InChI=1S/C18H18IN3/c1-13(12-15-8-11-17(19)21-18(15)20)4-5-14-6-9-16(10-7-14)22(2)3/h6-12H,1-3H3,(H2,20,21)/b13-12+. The van der Waals surface area contributed by atoms with Crippen molar-refractivity contribution in [1.82, 2.24) is 4.98 Å². The summed E-state index contributed by atoms with van der Waals surface area (Å²) in [5, 5.41) is 0. The second kappa shape index (κ2) is 7.32. The van der Waals surface area contributed by atoms with Gasteiger partial charge in [-0.2, -0.15) is 0 Å². The lowest BCUT2D eigenvalue weighted by molar-refractivity contribution is 1.13. The lowest BCUT2D eigenvalue weighted by Crippen LogP contribution is -2.07. The maximum atomic E-state index is 5.91. The van der Waals surface area contributed by atoms with Crippen LogP contribution >= 0.6 is 22.6 Å². The molecule has 0 unspecified atom stereocenters. The Hall–Kier alpha value is -2.00. The van der Waals surface area contributed by atoms with Crippen LogP contribution in [0.5, 0.6) is 0 Å². The van der Waals surface area contributed by atoms with Crippen LogP contribution in [-0.4, -0.2) is 19.1 Å². The van der Waals surface area contributed by atoms with Gasteiger partial charge in [-0.3, -0.25) is 0 Å². The summed E-state index contributed by atoms with van der Waals surface area (Å²) >= 11 is 2.14. The van der Waals surface area contributed by atoms with Crippen LogP contribution < -0.4 is 10.6 Å². The Labute approximate surface area is 145 Å². The summed E-state index contributed by atoms with van der Waals surface area (Å²) in [6.07, 6.45) is 1.96. The second-order valence-electron chi connectivity index (χ2n) is 5.13. The van der Waals surface area contributed by atoms with E-state index in [1.807, 2.05) is 51.4 Å². The number of nitrogens with zero attached hydrogens (tertiary/aromatic N) is 2. The zero-order valence-electron chi connectivity index (χ0n) is 12.9. The molecule has 1 aromatic carbocycles. The van der Waals surface area contributed by atoms with Crippen LogP contribution in [0.4, 0.5) is 11.5 Å². The van der Waals surface area contributed by atoms with Gasteiger partial charge in [0.25, 0.3) is 0 Å². The molecule has 0 saturated carbocycles. The number of halogens is 1. The maximum absolute atomic E-state index is 5.91. The molecule has 0 aliphatic carbocycles. The van der Waals surface area contributed by atoms with Gasteiger partial charge < -0.3 is 10.6 Å². The highest BCUT2D eigenvalue weighted by Gasteiger charge is 1.98. The fourth-order valence-electron chi connectivity index (χ4n) is 1.87. The van der Waals surface area contributed by atoms with Gasteiger partial charge in [0.15, 0.2) is 0 Å². The Bertz CT molecular complexity index is 750. The van der Waals surface area contributed by atoms with Crippen LogP contribution in [0.2, 0.25) is 0 Å². The molecular weight excluding hydrogens is 385 g/mol.